The van der Waals surface area contributed by atoms with Gasteiger partial charge in [-0.25, -0.2) is 0 Å². The van der Waals surface area contributed by atoms with Crippen LogP contribution in [0, 0.1) is 0 Å². The maximum atomic E-state index is 12.4. The predicted octanol–water partition coefficient (Wildman–Crippen LogP) is 3.62. The van der Waals surface area contributed by atoms with E-state index >= 15 is 0 Å². The summed E-state index contributed by atoms with van der Waals surface area (Å²) in [5, 5.41) is 0. The largest absolute Gasteiger partial charge is 0.490 e. The molecular weight excluding hydrogens is 306 g/mol. The Bertz CT molecular complexity index is 623. The van der Waals surface area contributed by atoms with Crippen molar-refractivity contribution in [2.24, 2.45) is 0 Å². The van der Waals surface area contributed by atoms with Crippen LogP contribution in [0.25, 0.3) is 0 Å². The van der Waals surface area contributed by atoms with Gasteiger partial charge in [-0.1, -0.05) is 12.1 Å². The van der Waals surface area contributed by atoms with Gasteiger partial charge < -0.3 is 4.74 Å². The first-order chi connectivity index (χ1) is 9.24. The van der Waals surface area contributed by atoms with Crippen molar-refractivity contribution in [3.8, 4) is 5.75 Å². The number of rotatable bonds is 4. The molecule has 96 valence electrons. The fourth-order valence-corrected chi connectivity index (χ4v) is 2.21. The molecular formula is C15H12BrNO2. The van der Waals surface area contributed by atoms with Gasteiger partial charge >= 0.3 is 0 Å². The third kappa shape index (κ3) is 2.84. The minimum atomic E-state index is -0.103. The summed E-state index contributed by atoms with van der Waals surface area (Å²) >= 11 is 3.35. The van der Waals surface area contributed by atoms with E-state index in [2.05, 4.69) is 20.9 Å². The molecule has 0 spiro atoms. The number of hydrogen-bond donors (Lipinski definition) is 0. The molecule has 0 N–H and O–H groups in total. The van der Waals surface area contributed by atoms with Crippen LogP contribution in [0.15, 0.2) is 47.1 Å². The molecule has 0 saturated heterocycles. The van der Waals surface area contributed by atoms with Crippen molar-refractivity contribution in [2.75, 3.05) is 0 Å². The van der Waals surface area contributed by atoms with Gasteiger partial charge in [0.05, 0.1) is 6.10 Å². The number of carbonyl (C=O) groups excluding carboxylic acids is 1. The lowest BCUT2D eigenvalue weighted by atomic mass is 10.1. The molecule has 1 aromatic carbocycles. The van der Waals surface area contributed by atoms with Gasteiger partial charge in [0.2, 0.25) is 5.78 Å². The molecule has 3 rings (SSSR count). The highest BCUT2D eigenvalue weighted by atomic mass is 79.9. The van der Waals surface area contributed by atoms with E-state index < -0.39 is 0 Å². The number of ether oxygens (including phenoxy) is 1. The third-order valence-corrected chi connectivity index (χ3v) is 3.54. The summed E-state index contributed by atoms with van der Waals surface area (Å²) in [7, 11) is 0. The number of nitrogens with zero attached hydrogens (tertiary/aromatic N) is 1. The van der Waals surface area contributed by atoms with Crippen LogP contribution in [0.3, 0.4) is 0 Å². The van der Waals surface area contributed by atoms with Crippen LogP contribution in [0.2, 0.25) is 0 Å². The molecule has 0 unspecified atom stereocenters. The third-order valence-electron chi connectivity index (χ3n) is 2.90. The van der Waals surface area contributed by atoms with Crippen molar-refractivity contribution in [2.45, 2.75) is 18.9 Å². The Morgan fingerprint density at radius 2 is 2.11 bits per heavy atom. The fourth-order valence-electron chi connectivity index (χ4n) is 1.78. The molecule has 2 aromatic rings. The second-order valence-electron chi connectivity index (χ2n) is 4.51. The Balaban J connectivity index is 1.88. The molecule has 1 aliphatic rings. The highest BCUT2D eigenvalue weighted by Gasteiger charge is 2.24. The Morgan fingerprint density at radius 1 is 1.26 bits per heavy atom. The monoisotopic (exact) mass is 317 g/mol. The van der Waals surface area contributed by atoms with E-state index in [1.807, 2.05) is 18.2 Å². The molecule has 1 saturated carbocycles. The van der Waals surface area contributed by atoms with E-state index in [0.717, 1.165) is 18.6 Å². The van der Waals surface area contributed by atoms with Crippen LogP contribution in [0.5, 0.6) is 5.75 Å². The van der Waals surface area contributed by atoms with Gasteiger partial charge in [-0.2, -0.15) is 0 Å². The first kappa shape index (κ1) is 12.4. The van der Waals surface area contributed by atoms with Gasteiger partial charge in [0.15, 0.2) is 0 Å². The summed E-state index contributed by atoms with van der Waals surface area (Å²) < 4.78 is 6.40. The fraction of sp³-hybridized carbons (Fsp3) is 0.200. The van der Waals surface area contributed by atoms with Crippen LogP contribution in [0.1, 0.15) is 28.9 Å². The van der Waals surface area contributed by atoms with Crippen molar-refractivity contribution < 1.29 is 9.53 Å². The minimum Gasteiger partial charge on any atom is -0.490 e. The van der Waals surface area contributed by atoms with Crippen molar-refractivity contribution >= 4 is 21.7 Å². The Labute approximate surface area is 119 Å². The maximum Gasteiger partial charge on any atom is 0.212 e. The smallest absolute Gasteiger partial charge is 0.212 e. The van der Waals surface area contributed by atoms with E-state index in [1.54, 1.807) is 24.4 Å². The molecule has 1 aliphatic carbocycles. The van der Waals surface area contributed by atoms with Crippen molar-refractivity contribution in [3.05, 3.63) is 58.3 Å². The first-order valence-electron chi connectivity index (χ1n) is 6.16. The van der Waals surface area contributed by atoms with Crippen molar-refractivity contribution in [1.29, 1.82) is 0 Å². The van der Waals surface area contributed by atoms with E-state index in [0.29, 0.717) is 21.8 Å². The van der Waals surface area contributed by atoms with Gasteiger partial charge in [-0.15, -0.1) is 0 Å². The number of carbonyl (C=O) groups is 1. The molecule has 0 radical (unpaired) electrons. The number of hydrogen-bond acceptors (Lipinski definition) is 3. The Kier molecular flexibility index (Phi) is 3.34. The van der Waals surface area contributed by atoms with E-state index in [9.17, 15) is 4.79 Å². The number of benzene rings is 1. The van der Waals surface area contributed by atoms with Crippen LogP contribution >= 0.6 is 15.9 Å². The molecule has 0 amide bonds. The molecule has 0 atom stereocenters. The molecule has 3 nitrogen and oxygen atoms in total. The van der Waals surface area contributed by atoms with Crippen molar-refractivity contribution in [3.63, 3.8) is 0 Å². The molecule has 19 heavy (non-hydrogen) atoms. The van der Waals surface area contributed by atoms with Crippen LogP contribution in [-0.4, -0.2) is 16.9 Å². The molecule has 1 fully saturated rings. The SMILES string of the molecule is O=C(c1cccc(OC2CC2)c1)c1ncccc1Br. The normalized spacial score (nSPS) is 14.2. The van der Waals surface area contributed by atoms with Gasteiger partial charge in [0, 0.05) is 16.2 Å². The Morgan fingerprint density at radius 3 is 2.84 bits per heavy atom. The van der Waals surface area contributed by atoms with E-state index in [1.165, 1.54) is 0 Å². The lowest BCUT2D eigenvalue weighted by molar-refractivity contribution is 0.103. The number of ketones is 1. The molecule has 0 bridgehead atoms. The summed E-state index contributed by atoms with van der Waals surface area (Å²) in [6, 6.07) is 10.9. The highest BCUT2D eigenvalue weighted by Crippen LogP contribution is 2.27. The summed E-state index contributed by atoms with van der Waals surface area (Å²) in [5.41, 5.74) is 1.02. The maximum absolute atomic E-state index is 12.4. The average Bonchev–Trinajstić information content (AvgIpc) is 3.23. The highest BCUT2D eigenvalue weighted by molar-refractivity contribution is 9.10. The molecule has 1 aromatic heterocycles. The van der Waals surface area contributed by atoms with Gasteiger partial charge in [-0.05, 0) is 53.0 Å². The van der Waals surface area contributed by atoms with Crippen LogP contribution in [0.4, 0.5) is 0 Å². The first-order valence-corrected chi connectivity index (χ1v) is 6.95. The zero-order chi connectivity index (χ0) is 13.2. The standard InChI is InChI=1S/C15H12BrNO2/c16-13-5-2-8-17-14(13)15(18)10-3-1-4-12(9-10)19-11-6-7-11/h1-5,8-9,11H,6-7H2. The lowest BCUT2D eigenvalue weighted by Crippen LogP contribution is -2.05. The number of aromatic nitrogens is 1. The van der Waals surface area contributed by atoms with Crippen molar-refractivity contribution in [1.82, 2.24) is 4.98 Å². The second kappa shape index (κ2) is 5.13. The number of halogens is 1. The summed E-state index contributed by atoms with van der Waals surface area (Å²) in [6.07, 6.45) is 4.14. The molecule has 1 heterocycles. The van der Waals surface area contributed by atoms with Gasteiger partial charge in [-0.3, -0.25) is 9.78 Å². The summed E-state index contributed by atoms with van der Waals surface area (Å²) in [4.78, 5) is 16.5. The Hall–Kier alpha value is -1.68. The zero-order valence-electron chi connectivity index (χ0n) is 10.2. The van der Waals surface area contributed by atoms with E-state index in [4.69, 9.17) is 4.74 Å². The molecule has 4 heteroatoms. The second-order valence-corrected chi connectivity index (χ2v) is 5.36. The zero-order valence-corrected chi connectivity index (χ0v) is 11.8. The topological polar surface area (TPSA) is 39.2 Å². The quantitative estimate of drug-likeness (QED) is 0.808. The van der Waals surface area contributed by atoms with Crippen LogP contribution < -0.4 is 4.74 Å². The summed E-state index contributed by atoms with van der Waals surface area (Å²) in [6.45, 7) is 0. The van der Waals surface area contributed by atoms with Crippen LogP contribution in [-0.2, 0) is 0 Å². The lowest BCUT2D eigenvalue weighted by Gasteiger charge is -2.07. The minimum absolute atomic E-state index is 0.103. The predicted molar refractivity (Wildman–Crippen MR) is 75.5 cm³/mol. The summed E-state index contributed by atoms with van der Waals surface area (Å²) in [5.74, 6) is 0.647. The van der Waals surface area contributed by atoms with Gasteiger partial charge in [0.1, 0.15) is 11.4 Å². The van der Waals surface area contributed by atoms with E-state index in [-0.39, 0.29) is 5.78 Å². The van der Waals surface area contributed by atoms with Gasteiger partial charge in [0.25, 0.3) is 0 Å². The molecule has 0 aliphatic heterocycles. The number of pyridine rings is 1. The average molecular weight is 318 g/mol.